The van der Waals surface area contributed by atoms with Crippen molar-refractivity contribution in [1.29, 1.82) is 0 Å². The second-order valence-corrected chi connectivity index (χ2v) is 4.43. The minimum absolute atomic E-state index is 0.0828. The first-order valence-corrected chi connectivity index (χ1v) is 5.90. The van der Waals surface area contributed by atoms with Gasteiger partial charge in [-0.3, -0.25) is 15.0 Å². The van der Waals surface area contributed by atoms with Crippen molar-refractivity contribution in [2.45, 2.75) is 19.1 Å². The van der Waals surface area contributed by atoms with Crippen LogP contribution in [0.1, 0.15) is 5.56 Å². The van der Waals surface area contributed by atoms with Gasteiger partial charge in [0, 0.05) is 31.3 Å². The van der Waals surface area contributed by atoms with Crippen LogP contribution in [0.2, 0.25) is 0 Å². The molecule has 19 heavy (non-hydrogen) atoms. The van der Waals surface area contributed by atoms with Crippen molar-refractivity contribution in [3.8, 4) is 0 Å². The predicted molar refractivity (Wildman–Crippen MR) is 64.1 cm³/mol. The zero-order chi connectivity index (χ0) is 13.8. The van der Waals surface area contributed by atoms with E-state index in [4.69, 9.17) is 4.74 Å². The maximum absolute atomic E-state index is 11.9. The molecule has 1 aromatic rings. The van der Waals surface area contributed by atoms with E-state index in [1.807, 2.05) is 4.90 Å². The Morgan fingerprint density at radius 2 is 2.11 bits per heavy atom. The van der Waals surface area contributed by atoms with Gasteiger partial charge in [0.1, 0.15) is 6.61 Å². The van der Waals surface area contributed by atoms with Gasteiger partial charge in [-0.05, 0) is 0 Å². The van der Waals surface area contributed by atoms with Crippen LogP contribution in [0.3, 0.4) is 0 Å². The lowest BCUT2D eigenvalue weighted by Gasteiger charge is -2.38. The summed E-state index contributed by atoms with van der Waals surface area (Å²) in [6.07, 6.45) is -2.65. The third-order valence-electron chi connectivity index (χ3n) is 2.96. The molecule has 1 fully saturated rings. The van der Waals surface area contributed by atoms with E-state index in [1.54, 1.807) is 18.2 Å². The molecule has 1 aliphatic rings. The van der Waals surface area contributed by atoms with E-state index in [1.165, 1.54) is 6.07 Å². The first kappa shape index (κ1) is 13.8. The van der Waals surface area contributed by atoms with Gasteiger partial charge in [0.2, 0.25) is 0 Å². The maximum atomic E-state index is 11.9. The second kappa shape index (κ2) is 6.03. The fourth-order valence-electron chi connectivity index (χ4n) is 2.03. The van der Waals surface area contributed by atoms with Gasteiger partial charge in [0.05, 0.1) is 11.0 Å². The standard InChI is InChI=1S/C12H14F2N2O3/c13-12(14)8-19-10-6-15(7-10)5-9-3-1-2-4-11(9)16(17)18/h1-4,10,12H,5-8H2. The van der Waals surface area contributed by atoms with Gasteiger partial charge < -0.3 is 4.74 Å². The van der Waals surface area contributed by atoms with Crippen LogP contribution in [0.25, 0.3) is 0 Å². The molecule has 104 valence electrons. The molecular weight excluding hydrogens is 258 g/mol. The zero-order valence-electron chi connectivity index (χ0n) is 10.2. The minimum Gasteiger partial charge on any atom is -0.370 e. The van der Waals surface area contributed by atoms with E-state index in [2.05, 4.69) is 0 Å². The number of para-hydroxylation sites is 1. The number of hydrogen-bond donors (Lipinski definition) is 0. The maximum Gasteiger partial charge on any atom is 0.273 e. The summed E-state index contributed by atoms with van der Waals surface area (Å²) in [4.78, 5) is 12.3. The van der Waals surface area contributed by atoms with E-state index in [-0.39, 0.29) is 11.8 Å². The number of alkyl halides is 2. The summed E-state index contributed by atoms with van der Waals surface area (Å²) in [5, 5.41) is 10.8. The van der Waals surface area contributed by atoms with Crippen LogP contribution in [0, 0.1) is 10.1 Å². The number of rotatable bonds is 6. The molecule has 0 saturated carbocycles. The lowest BCUT2D eigenvalue weighted by Crippen LogP contribution is -2.51. The Balaban J connectivity index is 1.83. The molecule has 7 heteroatoms. The number of nitro groups is 1. The van der Waals surface area contributed by atoms with Crippen LogP contribution in [-0.2, 0) is 11.3 Å². The van der Waals surface area contributed by atoms with E-state index in [9.17, 15) is 18.9 Å². The molecule has 5 nitrogen and oxygen atoms in total. The molecule has 1 aromatic carbocycles. The number of hydrogen-bond acceptors (Lipinski definition) is 4. The fourth-order valence-corrected chi connectivity index (χ4v) is 2.03. The van der Waals surface area contributed by atoms with Gasteiger partial charge in [0.15, 0.2) is 0 Å². The van der Waals surface area contributed by atoms with Crippen molar-refractivity contribution in [3.63, 3.8) is 0 Å². The highest BCUT2D eigenvalue weighted by Gasteiger charge is 2.29. The zero-order valence-corrected chi connectivity index (χ0v) is 10.2. The number of nitrogens with zero attached hydrogens (tertiary/aromatic N) is 2. The summed E-state index contributed by atoms with van der Waals surface area (Å²) in [5.74, 6) is 0. The molecule has 0 N–H and O–H groups in total. The normalized spacial score (nSPS) is 16.6. The molecule has 0 atom stereocenters. The van der Waals surface area contributed by atoms with Crippen LogP contribution in [0.4, 0.5) is 14.5 Å². The molecule has 0 unspecified atom stereocenters. The Kier molecular flexibility index (Phi) is 4.39. The van der Waals surface area contributed by atoms with Crippen LogP contribution < -0.4 is 0 Å². The molecule has 0 bridgehead atoms. The number of ether oxygens (including phenoxy) is 1. The third-order valence-corrected chi connectivity index (χ3v) is 2.96. The lowest BCUT2D eigenvalue weighted by molar-refractivity contribution is -0.385. The van der Waals surface area contributed by atoms with E-state index in [0.717, 1.165) is 0 Å². The quantitative estimate of drug-likeness (QED) is 0.587. The molecule has 1 aliphatic heterocycles. The van der Waals surface area contributed by atoms with Crippen molar-refractivity contribution >= 4 is 5.69 Å². The lowest BCUT2D eigenvalue weighted by atomic mass is 10.1. The molecule has 0 aliphatic carbocycles. The van der Waals surface area contributed by atoms with Crippen LogP contribution in [0.5, 0.6) is 0 Å². The molecule has 0 radical (unpaired) electrons. The Morgan fingerprint density at radius 1 is 1.42 bits per heavy atom. The second-order valence-electron chi connectivity index (χ2n) is 4.43. The van der Waals surface area contributed by atoms with Gasteiger partial charge in [0.25, 0.3) is 12.1 Å². The summed E-state index contributed by atoms with van der Waals surface area (Å²) in [6, 6.07) is 6.52. The first-order valence-electron chi connectivity index (χ1n) is 5.90. The minimum atomic E-state index is -2.45. The average molecular weight is 272 g/mol. The molecule has 0 spiro atoms. The Bertz CT molecular complexity index is 450. The van der Waals surface area contributed by atoms with Gasteiger partial charge in [-0.1, -0.05) is 18.2 Å². The summed E-state index contributed by atoms with van der Waals surface area (Å²) in [6.45, 7) is 0.938. The summed E-state index contributed by atoms with van der Waals surface area (Å²) in [7, 11) is 0. The summed E-state index contributed by atoms with van der Waals surface area (Å²) in [5.41, 5.74) is 0.708. The van der Waals surface area contributed by atoms with Crippen molar-refractivity contribution in [1.82, 2.24) is 4.90 Å². The SMILES string of the molecule is O=[N+]([O-])c1ccccc1CN1CC(OCC(F)F)C1. The molecular formula is C12H14F2N2O3. The van der Waals surface area contributed by atoms with Crippen LogP contribution in [0.15, 0.2) is 24.3 Å². The first-order chi connectivity index (χ1) is 9.06. The van der Waals surface area contributed by atoms with Crippen LogP contribution >= 0.6 is 0 Å². The highest BCUT2D eigenvalue weighted by atomic mass is 19.3. The monoisotopic (exact) mass is 272 g/mol. The van der Waals surface area contributed by atoms with Gasteiger partial charge in [-0.15, -0.1) is 0 Å². The fraction of sp³-hybridized carbons (Fsp3) is 0.500. The summed E-state index contributed by atoms with van der Waals surface area (Å²) < 4.78 is 28.8. The number of nitro benzene ring substituents is 1. The summed E-state index contributed by atoms with van der Waals surface area (Å²) >= 11 is 0. The smallest absolute Gasteiger partial charge is 0.273 e. The van der Waals surface area contributed by atoms with E-state index < -0.39 is 18.0 Å². The molecule has 0 amide bonds. The molecule has 2 rings (SSSR count). The highest BCUT2D eigenvalue weighted by Crippen LogP contribution is 2.22. The Labute approximate surface area is 108 Å². The average Bonchev–Trinajstić information content (AvgIpc) is 2.31. The van der Waals surface area contributed by atoms with Gasteiger partial charge >= 0.3 is 0 Å². The van der Waals surface area contributed by atoms with E-state index in [0.29, 0.717) is 25.2 Å². The molecule has 0 aromatic heterocycles. The number of benzene rings is 1. The topological polar surface area (TPSA) is 55.6 Å². The van der Waals surface area contributed by atoms with Crippen molar-refractivity contribution < 1.29 is 18.4 Å². The highest BCUT2D eigenvalue weighted by molar-refractivity contribution is 5.39. The van der Waals surface area contributed by atoms with E-state index >= 15 is 0 Å². The van der Waals surface area contributed by atoms with Crippen molar-refractivity contribution in [2.75, 3.05) is 19.7 Å². The number of halogens is 2. The predicted octanol–water partition coefficient (Wildman–Crippen LogP) is 2.06. The van der Waals surface area contributed by atoms with Crippen molar-refractivity contribution in [2.24, 2.45) is 0 Å². The van der Waals surface area contributed by atoms with Gasteiger partial charge in [-0.2, -0.15) is 0 Å². The third kappa shape index (κ3) is 3.68. The van der Waals surface area contributed by atoms with Crippen LogP contribution in [-0.4, -0.2) is 42.0 Å². The number of likely N-dealkylation sites (tertiary alicyclic amines) is 1. The van der Waals surface area contributed by atoms with Gasteiger partial charge in [-0.25, -0.2) is 8.78 Å². The molecule has 1 saturated heterocycles. The van der Waals surface area contributed by atoms with Crippen molar-refractivity contribution in [3.05, 3.63) is 39.9 Å². The largest absolute Gasteiger partial charge is 0.370 e. The molecule has 1 heterocycles. The Hall–Kier alpha value is -1.60. The Morgan fingerprint density at radius 3 is 2.74 bits per heavy atom.